The number of hydrogen-bond donors (Lipinski definition) is 2. The molecule has 1 fully saturated rings. The van der Waals surface area contributed by atoms with E-state index in [1.54, 1.807) is 18.4 Å². The van der Waals surface area contributed by atoms with E-state index in [1.807, 2.05) is 13.8 Å². The number of guanidine groups is 1. The molecule has 0 saturated heterocycles. The summed E-state index contributed by atoms with van der Waals surface area (Å²) < 4.78 is 38.6. The highest BCUT2D eigenvalue weighted by molar-refractivity contribution is 14.0. The van der Waals surface area contributed by atoms with Gasteiger partial charge in [0.1, 0.15) is 0 Å². The van der Waals surface area contributed by atoms with Gasteiger partial charge in [0.2, 0.25) is 0 Å². The molecule has 1 heterocycles. The van der Waals surface area contributed by atoms with Crippen LogP contribution in [0.1, 0.15) is 41.3 Å². The summed E-state index contributed by atoms with van der Waals surface area (Å²) in [6.45, 7) is 4.48. The van der Waals surface area contributed by atoms with Crippen molar-refractivity contribution in [1.82, 2.24) is 15.6 Å². The molecule has 4 nitrogen and oxygen atoms in total. The molecule has 24 heavy (non-hydrogen) atoms. The van der Waals surface area contributed by atoms with Crippen molar-refractivity contribution in [2.75, 3.05) is 7.05 Å². The summed E-state index contributed by atoms with van der Waals surface area (Å²) in [7, 11) is 1.63. The van der Waals surface area contributed by atoms with Gasteiger partial charge in [-0.05, 0) is 33.1 Å². The zero-order chi connectivity index (χ0) is 17.0. The molecule has 1 aromatic heterocycles. The predicted octanol–water partition coefficient (Wildman–Crippen LogP) is 4.16. The second kappa shape index (κ2) is 9.21. The van der Waals surface area contributed by atoms with Gasteiger partial charge < -0.3 is 10.6 Å². The highest BCUT2D eigenvalue weighted by Gasteiger charge is 2.42. The van der Waals surface area contributed by atoms with Crippen LogP contribution in [-0.4, -0.2) is 30.2 Å². The standard InChI is InChI=1S/C15H23F3N4S.HI/c1-9-13(23-10(2)21-9)8-20-14(19-3)22-12-6-4-5-11(7-12)15(16,17)18;/h11-12H,4-8H2,1-3H3,(H2,19,20,22);1H. The van der Waals surface area contributed by atoms with Crippen molar-refractivity contribution in [3.63, 3.8) is 0 Å². The van der Waals surface area contributed by atoms with Crippen LogP contribution >= 0.6 is 35.3 Å². The summed E-state index contributed by atoms with van der Waals surface area (Å²) in [6, 6.07) is -0.189. The van der Waals surface area contributed by atoms with Crippen LogP contribution in [0, 0.1) is 19.8 Å². The van der Waals surface area contributed by atoms with E-state index in [0.29, 0.717) is 18.9 Å². The van der Waals surface area contributed by atoms with E-state index < -0.39 is 12.1 Å². The molecule has 2 rings (SSSR count). The molecule has 138 valence electrons. The summed E-state index contributed by atoms with van der Waals surface area (Å²) in [5.74, 6) is -0.665. The Kier molecular flexibility index (Phi) is 8.24. The van der Waals surface area contributed by atoms with Crippen LogP contribution in [0.3, 0.4) is 0 Å². The Morgan fingerprint density at radius 3 is 2.58 bits per heavy atom. The van der Waals surface area contributed by atoms with Gasteiger partial charge in [-0.15, -0.1) is 35.3 Å². The Morgan fingerprint density at radius 2 is 2.04 bits per heavy atom. The summed E-state index contributed by atoms with van der Waals surface area (Å²) in [6.07, 6.45) is -2.43. The van der Waals surface area contributed by atoms with Crippen molar-refractivity contribution in [1.29, 1.82) is 0 Å². The van der Waals surface area contributed by atoms with Gasteiger partial charge in [0.05, 0.1) is 23.2 Å². The number of alkyl halides is 3. The highest BCUT2D eigenvalue weighted by atomic mass is 127. The Morgan fingerprint density at radius 1 is 1.33 bits per heavy atom. The van der Waals surface area contributed by atoms with Crippen LogP contribution in [0.25, 0.3) is 0 Å². The summed E-state index contributed by atoms with van der Waals surface area (Å²) in [4.78, 5) is 9.59. The van der Waals surface area contributed by atoms with Gasteiger partial charge in [-0.1, -0.05) is 6.42 Å². The number of rotatable bonds is 3. The first-order chi connectivity index (χ1) is 10.8. The fourth-order valence-electron chi connectivity index (χ4n) is 2.91. The predicted molar refractivity (Wildman–Crippen MR) is 102 cm³/mol. The maximum atomic E-state index is 12.9. The van der Waals surface area contributed by atoms with Crippen molar-refractivity contribution in [2.45, 2.75) is 58.3 Å². The first-order valence-corrected chi connectivity index (χ1v) is 8.58. The highest BCUT2D eigenvalue weighted by Crippen LogP contribution is 2.37. The molecule has 0 amide bonds. The molecule has 0 spiro atoms. The molecule has 2 atom stereocenters. The van der Waals surface area contributed by atoms with Crippen molar-refractivity contribution in [3.05, 3.63) is 15.6 Å². The van der Waals surface area contributed by atoms with E-state index in [1.165, 1.54) is 0 Å². The number of aliphatic imine (C=N–C) groups is 1. The number of halogens is 4. The van der Waals surface area contributed by atoms with E-state index in [4.69, 9.17) is 0 Å². The van der Waals surface area contributed by atoms with Gasteiger partial charge in [0.25, 0.3) is 0 Å². The van der Waals surface area contributed by atoms with E-state index in [2.05, 4.69) is 20.6 Å². The number of aromatic nitrogens is 1. The summed E-state index contributed by atoms with van der Waals surface area (Å²) in [5.41, 5.74) is 0.977. The molecule has 0 radical (unpaired) electrons. The van der Waals surface area contributed by atoms with Crippen LogP contribution in [0.15, 0.2) is 4.99 Å². The number of hydrogen-bond acceptors (Lipinski definition) is 3. The smallest absolute Gasteiger partial charge is 0.354 e. The number of nitrogens with zero attached hydrogens (tertiary/aromatic N) is 2. The van der Waals surface area contributed by atoms with Crippen LogP contribution < -0.4 is 10.6 Å². The first-order valence-electron chi connectivity index (χ1n) is 7.76. The van der Waals surface area contributed by atoms with Gasteiger partial charge >= 0.3 is 6.18 Å². The normalized spacial score (nSPS) is 22.0. The van der Waals surface area contributed by atoms with Crippen molar-refractivity contribution in [2.24, 2.45) is 10.9 Å². The molecular formula is C15H24F3IN4S. The molecular weight excluding hydrogens is 452 g/mol. The lowest BCUT2D eigenvalue weighted by Crippen LogP contribution is -2.46. The van der Waals surface area contributed by atoms with E-state index in [0.717, 1.165) is 22.0 Å². The zero-order valence-electron chi connectivity index (χ0n) is 14.0. The maximum absolute atomic E-state index is 12.9. The molecule has 2 N–H and O–H groups in total. The van der Waals surface area contributed by atoms with Gasteiger partial charge in [-0.25, -0.2) is 4.98 Å². The first kappa shape index (κ1) is 21.5. The van der Waals surface area contributed by atoms with Gasteiger partial charge in [-0.3, -0.25) is 4.99 Å². The quantitative estimate of drug-likeness (QED) is 0.392. The minimum atomic E-state index is -4.10. The number of nitrogens with one attached hydrogen (secondary N) is 2. The average Bonchev–Trinajstić information content (AvgIpc) is 2.81. The van der Waals surface area contributed by atoms with Crippen molar-refractivity contribution < 1.29 is 13.2 Å². The lowest BCUT2D eigenvalue weighted by atomic mass is 9.85. The Bertz CT molecular complexity index is 559. The molecule has 1 saturated carbocycles. The maximum Gasteiger partial charge on any atom is 0.391 e. The third kappa shape index (κ3) is 6.05. The lowest BCUT2D eigenvalue weighted by molar-refractivity contribution is -0.183. The van der Waals surface area contributed by atoms with E-state index in [-0.39, 0.29) is 42.9 Å². The number of thiazole rings is 1. The van der Waals surface area contributed by atoms with Crippen molar-refractivity contribution in [3.8, 4) is 0 Å². The second-order valence-corrected chi connectivity index (χ2v) is 7.20. The minimum absolute atomic E-state index is 0. The van der Waals surface area contributed by atoms with Crippen LogP contribution in [0.4, 0.5) is 13.2 Å². The number of aryl methyl sites for hydroxylation is 2. The fourth-order valence-corrected chi connectivity index (χ4v) is 3.78. The molecule has 9 heteroatoms. The van der Waals surface area contributed by atoms with Gasteiger partial charge in [0.15, 0.2) is 5.96 Å². The lowest BCUT2D eigenvalue weighted by Gasteiger charge is -2.31. The molecule has 1 aromatic rings. The van der Waals surface area contributed by atoms with Crippen molar-refractivity contribution >= 4 is 41.3 Å². The molecule has 1 aliphatic carbocycles. The van der Waals surface area contributed by atoms with Crippen LogP contribution in [0.2, 0.25) is 0 Å². The summed E-state index contributed by atoms with van der Waals surface area (Å²) in [5, 5.41) is 7.30. The molecule has 0 aliphatic heterocycles. The Hall–Kier alpha value is -0.580. The van der Waals surface area contributed by atoms with Crippen LogP contribution in [-0.2, 0) is 6.54 Å². The molecule has 0 aromatic carbocycles. The molecule has 1 aliphatic rings. The molecule has 0 bridgehead atoms. The van der Waals surface area contributed by atoms with Gasteiger partial charge in [-0.2, -0.15) is 13.2 Å². The van der Waals surface area contributed by atoms with Gasteiger partial charge in [0, 0.05) is 18.0 Å². The Balaban J connectivity index is 0.00000288. The van der Waals surface area contributed by atoms with E-state index in [9.17, 15) is 13.2 Å². The SMILES string of the molecule is CN=C(NCc1sc(C)nc1C)NC1CCCC(C(F)(F)F)C1.I. The zero-order valence-corrected chi connectivity index (χ0v) is 17.2. The third-order valence-corrected chi connectivity index (χ3v) is 5.19. The minimum Gasteiger partial charge on any atom is -0.354 e. The van der Waals surface area contributed by atoms with E-state index >= 15 is 0 Å². The monoisotopic (exact) mass is 476 g/mol. The molecule has 2 unspecified atom stereocenters. The average molecular weight is 476 g/mol. The Labute approximate surface area is 161 Å². The third-order valence-electron chi connectivity index (χ3n) is 4.12. The second-order valence-electron chi connectivity index (χ2n) is 5.91. The summed E-state index contributed by atoms with van der Waals surface area (Å²) >= 11 is 1.61. The largest absolute Gasteiger partial charge is 0.391 e. The fraction of sp³-hybridized carbons (Fsp3) is 0.733. The van der Waals surface area contributed by atoms with Crippen LogP contribution in [0.5, 0.6) is 0 Å². The topological polar surface area (TPSA) is 49.3 Å².